The topological polar surface area (TPSA) is 87.0 Å². The van der Waals surface area contributed by atoms with Gasteiger partial charge in [0.25, 0.3) is 0 Å². The highest BCUT2D eigenvalue weighted by molar-refractivity contribution is 5.81. The molecule has 0 aromatic heterocycles. The van der Waals surface area contributed by atoms with Crippen molar-refractivity contribution in [1.29, 1.82) is 0 Å². The van der Waals surface area contributed by atoms with E-state index < -0.39 is 23.7 Å². The number of carbonyl (C=O) groups is 1. The van der Waals surface area contributed by atoms with Gasteiger partial charge < -0.3 is 20.1 Å². The molecule has 4 aliphatic carbocycles. The first-order chi connectivity index (χ1) is 17.6. The Morgan fingerprint density at radius 3 is 2.65 bits per heavy atom. The van der Waals surface area contributed by atoms with Gasteiger partial charge in [0, 0.05) is 6.42 Å². The molecule has 0 radical (unpaired) electrons. The Bertz CT molecular complexity index is 941. The van der Waals surface area contributed by atoms with E-state index >= 15 is 0 Å². The van der Waals surface area contributed by atoms with Crippen LogP contribution in [0.5, 0.6) is 0 Å². The summed E-state index contributed by atoms with van der Waals surface area (Å²) in [5.41, 5.74) is 2.66. The van der Waals surface area contributed by atoms with Crippen molar-refractivity contribution in [1.82, 2.24) is 0 Å². The number of unbranched alkanes of at least 4 members (excludes halogenated alkanes) is 1. The van der Waals surface area contributed by atoms with E-state index in [1.54, 1.807) is 0 Å². The largest absolute Gasteiger partial charge is 0.465 e. The zero-order valence-corrected chi connectivity index (χ0v) is 23.1. The molecule has 5 nitrogen and oxygen atoms in total. The molecular weight excluding hydrogens is 464 g/mol. The Labute approximate surface area is 223 Å². The third-order valence-electron chi connectivity index (χ3n) is 10.0. The molecule has 3 unspecified atom stereocenters. The maximum atomic E-state index is 12.6. The molecule has 4 rings (SSSR count). The van der Waals surface area contributed by atoms with E-state index in [9.17, 15) is 20.1 Å². The second kappa shape index (κ2) is 11.6. The minimum atomic E-state index is -0.781. The van der Waals surface area contributed by atoms with Gasteiger partial charge in [-0.05, 0) is 92.1 Å². The van der Waals surface area contributed by atoms with Crippen molar-refractivity contribution in [2.45, 2.75) is 110 Å². The third-order valence-corrected chi connectivity index (χ3v) is 10.0. The van der Waals surface area contributed by atoms with Crippen LogP contribution in [0.2, 0.25) is 0 Å². The zero-order chi connectivity index (χ0) is 26.8. The van der Waals surface area contributed by atoms with Crippen LogP contribution in [0.25, 0.3) is 0 Å². The molecule has 0 saturated heterocycles. The number of esters is 1. The maximum absolute atomic E-state index is 12.6. The van der Waals surface area contributed by atoms with Crippen molar-refractivity contribution in [3.8, 4) is 0 Å². The number of aliphatic hydroxyl groups excluding tert-OH is 3. The quantitative estimate of drug-likeness (QED) is 0.206. The van der Waals surface area contributed by atoms with Crippen molar-refractivity contribution >= 4 is 5.97 Å². The molecular formula is C32H48O5. The van der Waals surface area contributed by atoms with Crippen LogP contribution in [0.3, 0.4) is 0 Å². The highest BCUT2D eigenvalue weighted by Crippen LogP contribution is 2.59. The highest BCUT2D eigenvalue weighted by atomic mass is 16.5. The fourth-order valence-electron chi connectivity index (χ4n) is 7.42. The van der Waals surface area contributed by atoms with Crippen molar-refractivity contribution in [2.75, 3.05) is 6.61 Å². The van der Waals surface area contributed by atoms with Crippen molar-refractivity contribution in [3.05, 3.63) is 47.6 Å². The van der Waals surface area contributed by atoms with Crippen molar-refractivity contribution < 1.29 is 24.9 Å². The molecule has 4 saturated carbocycles. The lowest BCUT2D eigenvalue weighted by molar-refractivity contribution is -0.153. The van der Waals surface area contributed by atoms with E-state index in [4.69, 9.17) is 4.74 Å². The van der Waals surface area contributed by atoms with E-state index in [2.05, 4.69) is 45.6 Å². The lowest BCUT2D eigenvalue weighted by Gasteiger charge is -2.44. The first-order valence-corrected chi connectivity index (χ1v) is 14.6. The molecule has 0 aromatic carbocycles. The van der Waals surface area contributed by atoms with Crippen molar-refractivity contribution in [3.63, 3.8) is 0 Å². The molecule has 206 valence electrons. The summed E-state index contributed by atoms with van der Waals surface area (Å²) in [4.78, 5) is 12.6. The van der Waals surface area contributed by atoms with E-state index in [-0.39, 0.29) is 11.4 Å². The monoisotopic (exact) mass is 512 g/mol. The van der Waals surface area contributed by atoms with Crippen LogP contribution in [0.1, 0.15) is 91.4 Å². The van der Waals surface area contributed by atoms with Gasteiger partial charge in [0.2, 0.25) is 0 Å². The van der Waals surface area contributed by atoms with Gasteiger partial charge in [-0.2, -0.15) is 0 Å². The van der Waals surface area contributed by atoms with Gasteiger partial charge in [0.15, 0.2) is 0 Å². The molecule has 37 heavy (non-hydrogen) atoms. The fraction of sp³-hybridized carbons (Fsp3) is 0.719. The number of allylic oxidation sites excluding steroid dienone is 4. The minimum absolute atomic E-state index is 0.205. The van der Waals surface area contributed by atoms with Crippen molar-refractivity contribution in [2.24, 2.45) is 28.6 Å². The second-order valence-corrected chi connectivity index (χ2v) is 12.5. The predicted molar refractivity (Wildman–Crippen MR) is 147 cm³/mol. The third kappa shape index (κ3) is 5.84. The first-order valence-electron chi connectivity index (χ1n) is 14.6. The number of fused-ring (bicyclic) bond motifs is 1. The summed E-state index contributed by atoms with van der Waals surface area (Å²) >= 11 is 0. The average Bonchev–Trinajstić information content (AvgIpc) is 3.60. The van der Waals surface area contributed by atoms with E-state index in [0.29, 0.717) is 50.0 Å². The lowest BCUT2D eigenvalue weighted by atomic mass is 9.61. The van der Waals surface area contributed by atoms with Gasteiger partial charge in [-0.1, -0.05) is 63.6 Å². The van der Waals surface area contributed by atoms with Gasteiger partial charge >= 0.3 is 5.97 Å². The molecule has 0 aliphatic heterocycles. The Morgan fingerprint density at radius 1 is 1.19 bits per heavy atom. The molecule has 0 amide bonds. The molecule has 0 heterocycles. The Morgan fingerprint density at radius 2 is 1.95 bits per heavy atom. The van der Waals surface area contributed by atoms with E-state index in [1.807, 2.05) is 6.08 Å². The summed E-state index contributed by atoms with van der Waals surface area (Å²) in [6, 6.07) is 0. The number of hydrogen-bond acceptors (Lipinski definition) is 5. The molecule has 7 atom stereocenters. The van der Waals surface area contributed by atoms with Crippen LogP contribution >= 0.6 is 0 Å². The molecule has 0 spiro atoms. The summed E-state index contributed by atoms with van der Waals surface area (Å²) in [5, 5.41) is 31.2. The summed E-state index contributed by atoms with van der Waals surface area (Å²) in [6.45, 7) is 11.3. The molecule has 0 bridgehead atoms. The summed E-state index contributed by atoms with van der Waals surface area (Å²) < 4.78 is 5.44. The van der Waals surface area contributed by atoms with E-state index in [0.717, 1.165) is 49.7 Å². The van der Waals surface area contributed by atoms with Crippen LogP contribution in [0.15, 0.2) is 47.6 Å². The van der Waals surface area contributed by atoms with Gasteiger partial charge in [-0.25, -0.2) is 0 Å². The maximum Gasteiger partial charge on any atom is 0.315 e. The van der Waals surface area contributed by atoms with Gasteiger partial charge in [-0.15, -0.1) is 0 Å². The van der Waals surface area contributed by atoms with Crippen LogP contribution in [-0.4, -0.2) is 46.2 Å². The predicted octanol–water partition coefficient (Wildman–Crippen LogP) is 5.80. The summed E-state index contributed by atoms with van der Waals surface area (Å²) in [5.74, 6) is 1.13. The second-order valence-electron chi connectivity index (χ2n) is 12.5. The molecule has 0 aromatic rings. The minimum Gasteiger partial charge on any atom is -0.465 e. The Balaban J connectivity index is 1.42. The summed E-state index contributed by atoms with van der Waals surface area (Å²) in [6.07, 6.45) is 16.4. The number of ether oxygens (including phenoxy) is 1. The van der Waals surface area contributed by atoms with Crippen LogP contribution < -0.4 is 0 Å². The Hall–Kier alpha value is -1.69. The van der Waals surface area contributed by atoms with Gasteiger partial charge in [-0.3, -0.25) is 4.79 Å². The molecule has 3 N–H and O–H groups in total. The number of carbonyl (C=O) groups excluding carboxylic acids is 1. The molecule has 4 fully saturated rings. The Kier molecular flexibility index (Phi) is 8.87. The highest BCUT2D eigenvalue weighted by Gasteiger charge is 2.56. The van der Waals surface area contributed by atoms with E-state index in [1.165, 1.54) is 12.0 Å². The van der Waals surface area contributed by atoms with Gasteiger partial charge in [0.1, 0.15) is 0 Å². The molecule has 5 heteroatoms. The average molecular weight is 513 g/mol. The standard InChI is InChI=1S/C32H48O5/c1-5-6-18-37-30(36)32(16-17-32)29(35)14-9-21(2)26-12-13-27-23(8-7-15-31(26,27)4)10-11-24-19-25(33)20-28(34)22(24)3/h9-11,14,21,25-29,33-35H,3,5-8,12-13,15-20H2,1-2,4H3/b14-9+,23-10+,24-11-/t21-,25-,26-,27+,28?,29?,31?/m1/s1. The normalized spacial score (nSPS) is 37.1. The smallest absolute Gasteiger partial charge is 0.315 e. The zero-order valence-electron chi connectivity index (χ0n) is 23.1. The fourth-order valence-corrected chi connectivity index (χ4v) is 7.42. The van der Waals surface area contributed by atoms with Crippen LogP contribution in [0, 0.1) is 28.6 Å². The molecule has 4 aliphatic rings. The van der Waals surface area contributed by atoms with Crippen LogP contribution in [-0.2, 0) is 9.53 Å². The number of rotatable bonds is 9. The van der Waals surface area contributed by atoms with Crippen LogP contribution in [0.4, 0.5) is 0 Å². The first kappa shape index (κ1) is 28.3. The SMILES string of the molecule is C=C1/C(=C\C=C2/CCCC3(C)[C@@H]([C@H](C)/C=C/C(O)C4(C(=O)OCCCC)CC4)CC[C@@H]23)C[C@@H](O)CC1O. The number of aliphatic hydroxyl groups is 3. The van der Waals surface area contributed by atoms with Gasteiger partial charge in [0.05, 0.1) is 30.3 Å². The number of hydrogen-bond donors (Lipinski definition) is 3. The lowest BCUT2D eigenvalue weighted by Crippen LogP contribution is -2.36. The summed E-state index contributed by atoms with van der Waals surface area (Å²) in [7, 11) is 0.